The predicted molar refractivity (Wildman–Crippen MR) is 130 cm³/mol. The van der Waals surface area contributed by atoms with Crippen LogP contribution in [-0.2, 0) is 15.3 Å². The number of hydrogen-bond donors (Lipinski definition) is 1. The van der Waals surface area contributed by atoms with Crippen molar-refractivity contribution in [2.75, 3.05) is 19.9 Å². The maximum atomic E-state index is 13.9. The van der Waals surface area contributed by atoms with Gasteiger partial charge in [0.2, 0.25) is 0 Å². The summed E-state index contributed by atoms with van der Waals surface area (Å²) < 4.78 is 46.9. The van der Waals surface area contributed by atoms with Crippen molar-refractivity contribution in [2.45, 2.75) is 35.8 Å². The first-order valence-electron chi connectivity index (χ1n) is 11.3. The average molecular weight is 538 g/mol. The van der Waals surface area contributed by atoms with Crippen molar-refractivity contribution in [3.8, 4) is 0 Å². The Morgan fingerprint density at radius 1 is 1.17 bits per heavy atom. The molecule has 6 nitrogen and oxygen atoms in total. The van der Waals surface area contributed by atoms with E-state index in [2.05, 4.69) is 0 Å². The second-order valence-corrected chi connectivity index (χ2v) is 10.1. The molecule has 36 heavy (non-hydrogen) atoms. The minimum atomic E-state index is -4.66. The third-order valence-electron chi connectivity index (χ3n) is 6.51. The molecule has 0 radical (unpaired) electrons. The van der Waals surface area contributed by atoms with E-state index in [1.165, 1.54) is 5.01 Å². The first-order chi connectivity index (χ1) is 17.2. The van der Waals surface area contributed by atoms with Gasteiger partial charge >= 0.3 is 6.18 Å². The number of aliphatic hydroxyl groups excluding tert-OH is 1. The number of hydrazine groups is 1. The summed E-state index contributed by atoms with van der Waals surface area (Å²) in [4.78, 5) is 15.1. The molecule has 0 saturated carbocycles. The number of rotatable bonds is 2. The maximum absolute atomic E-state index is 13.9. The van der Waals surface area contributed by atoms with Crippen LogP contribution >= 0.6 is 23.4 Å². The number of amides is 1. The van der Waals surface area contributed by atoms with Crippen LogP contribution < -0.4 is 0 Å². The Morgan fingerprint density at radius 3 is 2.69 bits per heavy atom. The SMILES string of the molecule is C[C@@H](N1CN([C@@H]2c3ccccc3SCc3c(Cl)cccc32)N2/C=C\COCC(O)=C2C1=O)C(F)(F)F. The number of thioether (sulfide) groups is 1. The molecule has 2 atom stereocenters. The zero-order chi connectivity index (χ0) is 25.6. The van der Waals surface area contributed by atoms with Gasteiger partial charge in [-0.3, -0.25) is 9.80 Å². The van der Waals surface area contributed by atoms with Crippen molar-refractivity contribution < 1.29 is 27.8 Å². The van der Waals surface area contributed by atoms with Crippen molar-refractivity contribution >= 4 is 29.3 Å². The van der Waals surface area contributed by atoms with Crippen LogP contribution in [0.15, 0.2) is 71.1 Å². The molecule has 0 spiro atoms. The summed E-state index contributed by atoms with van der Waals surface area (Å²) in [6.07, 6.45) is -1.44. The highest BCUT2D eigenvalue weighted by molar-refractivity contribution is 7.98. The Morgan fingerprint density at radius 2 is 1.92 bits per heavy atom. The highest BCUT2D eigenvalue weighted by atomic mass is 35.5. The number of fused-ring (bicyclic) bond motifs is 3. The first-order valence-corrected chi connectivity index (χ1v) is 12.6. The molecule has 0 aromatic heterocycles. The molecular formula is C25H23ClF3N3O3S. The molecule has 2 aromatic rings. The Bertz CT molecular complexity index is 1250. The Balaban J connectivity index is 1.74. The molecule has 3 heterocycles. The zero-order valence-electron chi connectivity index (χ0n) is 19.2. The summed E-state index contributed by atoms with van der Waals surface area (Å²) in [7, 11) is 0. The number of halogens is 4. The number of carbonyl (C=O) groups excluding carboxylic acids is 1. The number of hydrogen-bond acceptors (Lipinski definition) is 6. The highest BCUT2D eigenvalue weighted by Crippen LogP contribution is 2.46. The second kappa shape index (κ2) is 9.66. The molecule has 1 amide bonds. The van der Waals surface area contributed by atoms with Crippen LogP contribution in [-0.4, -0.2) is 58.0 Å². The monoisotopic (exact) mass is 537 g/mol. The fraction of sp³-hybridized carbons (Fsp3) is 0.320. The Hall–Kier alpha value is -2.66. The standard InChI is InChI=1S/C25H23ClF3N3O3S/c1-15(25(27,28)29)30-14-32(31-10-5-11-35-12-20(33)23(31)24(30)34)22-16-7-4-8-19(26)18(16)13-36-21-9-3-2-6-17(21)22/h2-10,15,22,33H,11-14H2,1H3/b10-5-,23-20?/t15-,22+/m1/s1. The van der Waals surface area contributed by atoms with Gasteiger partial charge in [-0.25, -0.2) is 0 Å². The van der Waals surface area contributed by atoms with Crippen LogP contribution in [0.4, 0.5) is 13.2 Å². The van der Waals surface area contributed by atoms with Gasteiger partial charge < -0.3 is 14.7 Å². The summed E-state index contributed by atoms with van der Waals surface area (Å²) in [6, 6.07) is 10.5. The van der Waals surface area contributed by atoms with E-state index < -0.39 is 29.9 Å². The van der Waals surface area contributed by atoms with Gasteiger partial charge in [-0.1, -0.05) is 41.9 Å². The van der Waals surface area contributed by atoms with Crippen molar-refractivity contribution in [1.82, 2.24) is 14.9 Å². The molecule has 1 N–H and O–H groups in total. The lowest BCUT2D eigenvalue weighted by Crippen LogP contribution is -2.62. The lowest BCUT2D eigenvalue weighted by atomic mass is 9.94. The molecule has 0 bridgehead atoms. The van der Waals surface area contributed by atoms with Crippen molar-refractivity contribution in [2.24, 2.45) is 0 Å². The topological polar surface area (TPSA) is 56.3 Å². The van der Waals surface area contributed by atoms with E-state index >= 15 is 0 Å². The van der Waals surface area contributed by atoms with Crippen LogP contribution in [0.1, 0.15) is 29.7 Å². The number of ether oxygens (including phenoxy) is 1. The summed E-state index contributed by atoms with van der Waals surface area (Å²) >= 11 is 8.19. The summed E-state index contributed by atoms with van der Waals surface area (Å²) in [5, 5.41) is 14.5. The van der Waals surface area contributed by atoms with E-state index in [1.807, 2.05) is 36.4 Å². The van der Waals surface area contributed by atoms with E-state index in [0.29, 0.717) is 10.8 Å². The van der Waals surface area contributed by atoms with Crippen LogP contribution in [0, 0.1) is 0 Å². The number of nitrogens with zero attached hydrogens (tertiary/aromatic N) is 3. The van der Waals surface area contributed by atoms with Crippen LogP contribution in [0.2, 0.25) is 5.02 Å². The van der Waals surface area contributed by atoms with Gasteiger partial charge in [0.05, 0.1) is 19.3 Å². The summed E-state index contributed by atoms with van der Waals surface area (Å²) in [5.74, 6) is -0.780. The van der Waals surface area contributed by atoms with Gasteiger partial charge in [-0.2, -0.15) is 18.2 Å². The molecular weight excluding hydrogens is 515 g/mol. The molecule has 5 rings (SSSR count). The van der Waals surface area contributed by atoms with Crippen molar-refractivity contribution in [3.05, 3.63) is 87.9 Å². The number of aliphatic hydroxyl groups is 1. The molecule has 1 saturated heterocycles. The first kappa shape index (κ1) is 25.0. The van der Waals surface area contributed by atoms with Crippen molar-refractivity contribution in [3.63, 3.8) is 0 Å². The van der Waals surface area contributed by atoms with Gasteiger partial charge in [0.1, 0.15) is 18.4 Å². The summed E-state index contributed by atoms with van der Waals surface area (Å²) in [6.45, 7) is 0.443. The summed E-state index contributed by atoms with van der Waals surface area (Å²) in [5.41, 5.74) is 2.28. The molecule has 11 heteroatoms. The van der Waals surface area contributed by atoms with Crippen LogP contribution in [0.3, 0.4) is 0 Å². The van der Waals surface area contributed by atoms with E-state index in [0.717, 1.165) is 33.4 Å². The zero-order valence-corrected chi connectivity index (χ0v) is 20.8. The van der Waals surface area contributed by atoms with Crippen molar-refractivity contribution in [1.29, 1.82) is 0 Å². The molecule has 3 aliphatic heterocycles. The molecule has 190 valence electrons. The Kier molecular flexibility index (Phi) is 6.71. The maximum Gasteiger partial charge on any atom is 0.408 e. The smallest absolute Gasteiger partial charge is 0.408 e. The van der Waals surface area contributed by atoms with E-state index in [1.54, 1.807) is 35.1 Å². The average Bonchev–Trinajstić information content (AvgIpc) is 2.99. The minimum Gasteiger partial charge on any atom is -0.507 e. The molecule has 3 aliphatic rings. The number of alkyl halides is 3. The molecule has 2 aromatic carbocycles. The van der Waals surface area contributed by atoms with E-state index in [4.69, 9.17) is 16.3 Å². The highest BCUT2D eigenvalue weighted by Gasteiger charge is 2.49. The lowest BCUT2D eigenvalue weighted by Gasteiger charge is -2.49. The fourth-order valence-electron chi connectivity index (χ4n) is 4.64. The number of benzene rings is 2. The van der Waals surface area contributed by atoms with Crippen LogP contribution in [0.25, 0.3) is 0 Å². The van der Waals surface area contributed by atoms with Gasteiger partial charge in [0.25, 0.3) is 5.91 Å². The van der Waals surface area contributed by atoms with E-state index in [-0.39, 0.29) is 25.6 Å². The number of carbonyl (C=O) groups is 1. The van der Waals surface area contributed by atoms with Gasteiger partial charge in [0.15, 0.2) is 5.70 Å². The quantitative estimate of drug-likeness (QED) is 0.537. The Labute approximate surface area is 215 Å². The third-order valence-corrected chi connectivity index (χ3v) is 7.98. The molecule has 0 aliphatic carbocycles. The predicted octanol–water partition coefficient (Wildman–Crippen LogP) is 5.62. The lowest BCUT2D eigenvalue weighted by molar-refractivity contribution is -0.204. The normalized spacial score (nSPS) is 22.7. The third kappa shape index (κ3) is 4.36. The van der Waals surface area contributed by atoms with E-state index in [9.17, 15) is 23.1 Å². The molecule has 1 fully saturated rings. The van der Waals surface area contributed by atoms with Gasteiger partial charge in [0, 0.05) is 21.9 Å². The second-order valence-electron chi connectivity index (χ2n) is 8.65. The minimum absolute atomic E-state index is 0.165. The van der Waals surface area contributed by atoms with Crippen LogP contribution in [0.5, 0.6) is 0 Å². The fourth-order valence-corrected chi connectivity index (χ4v) is 6.11. The largest absolute Gasteiger partial charge is 0.507 e. The molecule has 0 unspecified atom stereocenters. The van der Waals surface area contributed by atoms with Gasteiger partial charge in [-0.15, -0.1) is 11.8 Å². The van der Waals surface area contributed by atoms with Gasteiger partial charge in [-0.05, 0) is 41.8 Å².